The van der Waals surface area contributed by atoms with E-state index in [2.05, 4.69) is 43.7 Å². The summed E-state index contributed by atoms with van der Waals surface area (Å²) in [5, 5.41) is 11.9. The number of allylic oxidation sites excluding steroid dienone is 1. The summed E-state index contributed by atoms with van der Waals surface area (Å²) < 4.78 is 3.70. The van der Waals surface area contributed by atoms with Crippen LogP contribution in [-0.4, -0.2) is 35.9 Å². The smallest absolute Gasteiger partial charge is 0.222 e. The maximum absolute atomic E-state index is 4.64. The minimum atomic E-state index is 0. The number of aromatic nitrogens is 6. The fourth-order valence-electron chi connectivity index (χ4n) is 3.55. The highest BCUT2D eigenvalue weighted by atomic mass is 15.2. The molecule has 1 N–H and O–H groups in total. The van der Waals surface area contributed by atoms with Crippen LogP contribution in [0, 0.1) is 0 Å². The molecule has 0 radical (unpaired) electrons. The maximum atomic E-state index is 4.64. The largest absolute Gasteiger partial charge is 0.354 e. The molecule has 0 fully saturated rings. The molecule has 4 aromatic rings. The fourth-order valence-corrected chi connectivity index (χ4v) is 3.55. The van der Waals surface area contributed by atoms with E-state index in [0.717, 1.165) is 46.4 Å². The summed E-state index contributed by atoms with van der Waals surface area (Å²) >= 11 is 0. The molecule has 1 aliphatic carbocycles. The third-order valence-electron chi connectivity index (χ3n) is 4.84. The average Bonchev–Trinajstić information content (AvgIpc) is 3.38. The number of anilines is 1. The van der Waals surface area contributed by atoms with Crippen molar-refractivity contribution in [2.24, 2.45) is 7.05 Å². The number of hydrogen-bond acceptors (Lipinski definition) is 5. The first-order chi connectivity index (χ1) is 13.2. The van der Waals surface area contributed by atoms with Crippen LogP contribution in [0.1, 0.15) is 26.6 Å². The number of aryl methyl sites for hydroxylation is 1. The Hall–Kier alpha value is -3.48. The van der Waals surface area contributed by atoms with Crippen molar-refractivity contribution in [1.82, 2.24) is 29.4 Å². The van der Waals surface area contributed by atoms with Gasteiger partial charge in [-0.2, -0.15) is 10.2 Å². The normalized spacial score (nSPS) is 13.0. The van der Waals surface area contributed by atoms with Crippen molar-refractivity contribution in [3.8, 4) is 11.1 Å². The standard InChI is InChI=1S/C20H19N7.2H2/c1-3-21-20-22-10-17-15(4-5-18(17)25-20)13-6-7-27-19(8-13)16(11-24-27)14-9-23-26(2)12-14;;/h4,6-12H,3,5H2,1-2H3,(H,21,22,25);2*1H. The van der Waals surface area contributed by atoms with Gasteiger partial charge in [-0.3, -0.25) is 4.68 Å². The lowest BCUT2D eigenvalue weighted by atomic mass is 10.0. The van der Waals surface area contributed by atoms with Crippen molar-refractivity contribution in [3.05, 3.63) is 66.0 Å². The van der Waals surface area contributed by atoms with Crippen molar-refractivity contribution in [2.75, 3.05) is 11.9 Å². The van der Waals surface area contributed by atoms with Crippen molar-refractivity contribution < 1.29 is 2.85 Å². The summed E-state index contributed by atoms with van der Waals surface area (Å²) in [7, 11) is 1.92. The molecule has 0 atom stereocenters. The first-order valence-corrected chi connectivity index (χ1v) is 9.00. The van der Waals surface area contributed by atoms with Crippen LogP contribution in [0.5, 0.6) is 0 Å². The van der Waals surface area contributed by atoms with Crippen LogP contribution < -0.4 is 5.32 Å². The Morgan fingerprint density at radius 3 is 2.89 bits per heavy atom. The SMILES string of the molecule is CCNc1ncc2c(n1)CC=C2c1ccn2ncc(-c3cnn(C)c3)c2c1.[HH].[HH]. The molecule has 4 heterocycles. The van der Waals surface area contributed by atoms with E-state index in [1.54, 1.807) is 4.68 Å². The molecule has 4 aromatic heterocycles. The second kappa shape index (κ2) is 6.05. The lowest BCUT2D eigenvalue weighted by molar-refractivity contribution is 0.768. The molecule has 7 nitrogen and oxygen atoms in total. The molecular formula is C20H23N7. The number of nitrogens with zero attached hydrogens (tertiary/aromatic N) is 6. The lowest BCUT2D eigenvalue weighted by Crippen LogP contribution is -2.04. The third kappa shape index (κ3) is 2.59. The van der Waals surface area contributed by atoms with Crippen LogP contribution in [0.2, 0.25) is 0 Å². The number of pyridine rings is 1. The van der Waals surface area contributed by atoms with E-state index in [4.69, 9.17) is 0 Å². The van der Waals surface area contributed by atoms with Gasteiger partial charge in [-0.05, 0) is 30.2 Å². The van der Waals surface area contributed by atoms with Gasteiger partial charge in [0.1, 0.15) is 0 Å². The van der Waals surface area contributed by atoms with E-state index in [1.807, 2.05) is 49.5 Å². The van der Waals surface area contributed by atoms with Crippen molar-refractivity contribution in [1.29, 1.82) is 0 Å². The summed E-state index contributed by atoms with van der Waals surface area (Å²) in [5.74, 6) is 0.691. The van der Waals surface area contributed by atoms with Gasteiger partial charge >= 0.3 is 0 Å². The number of nitrogens with one attached hydrogen (secondary N) is 1. The Morgan fingerprint density at radius 2 is 2.07 bits per heavy atom. The minimum absolute atomic E-state index is 0. The molecule has 0 aliphatic heterocycles. The van der Waals surface area contributed by atoms with Crippen molar-refractivity contribution in [3.63, 3.8) is 0 Å². The third-order valence-corrected chi connectivity index (χ3v) is 4.84. The van der Waals surface area contributed by atoms with Crippen molar-refractivity contribution in [2.45, 2.75) is 13.3 Å². The number of rotatable bonds is 4. The van der Waals surface area contributed by atoms with Gasteiger partial charge < -0.3 is 5.32 Å². The van der Waals surface area contributed by atoms with E-state index in [0.29, 0.717) is 5.95 Å². The van der Waals surface area contributed by atoms with E-state index < -0.39 is 0 Å². The van der Waals surface area contributed by atoms with E-state index >= 15 is 0 Å². The zero-order chi connectivity index (χ0) is 18.4. The average molecular weight is 361 g/mol. The Labute approximate surface area is 159 Å². The van der Waals surface area contributed by atoms with Crippen LogP contribution in [0.4, 0.5) is 5.95 Å². The van der Waals surface area contributed by atoms with Gasteiger partial charge in [-0.1, -0.05) is 6.08 Å². The summed E-state index contributed by atoms with van der Waals surface area (Å²) in [6.07, 6.45) is 12.7. The molecule has 0 bridgehead atoms. The monoisotopic (exact) mass is 361 g/mol. The summed E-state index contributed by atoms with van der Waals surface area (Å²) in [6, 6.07) is 4.26. The van der Waals surface area contributed by atoms with Crippen molar-refractivity contribution >= 4 is 17.0 Å². The molecule has 138 valence electrons. The van der Waals surface area contributed by atoms with Gasteiger partial charge in [-0.15, -0.1) is 0 Å². The second-order valence-electron chi connectivity index (χ2n) is 6.61. The van der Waals surface area contributed by atoms with E-state index in [1.165, 1.54) is 5.57 Å². The van der Waals surface area contributed by atoms with Crippen LogP contribution >= 0.6 is 0 Å². The van der Waals surface area contributed by atoms with Gasteiger partial charge in [0, 0.05) is 58.1 Å². The highest BCUT2D eigenvalue weighted by Crippen LogP contribution is 2.33. The Balaban J connectivity index is 0.00000120. The number of hydrogen-bond donors (Lipinski definition) is 1. The molecule has 0 amide bonds. The second-order valence-corrected chi connectivity index (χ2v) is 6.61. The van der Waals surface area contributed by atoms with E-state index in [9.17, 15) is 0 Å². The maximum Gasteiger partial charge on any atom is 0.222 e. The minimum Gasteiger partial charge on any atom is -0.354 e. The van der Waals surface area contributed by atoms with Crippen LogP contribution in [-0.2, 0) is 13.5 Å². The molecule has 27 heavy (non-hydrogen) atoms. The predicted octanol–water partition coefficient (Wildman–Crippen LogP) is 3.44. The van der Waals surface area contributed by atoms with Gasteiger partial charge in [0.25, 0.3) is 0 Å². The van der Waals surface area contributed by atoms with Gasteiger partial charge in [0.15, 0.2) is 0 Å². The quantitative estimate of drug-likeness (QED) is 0.603. The summed E-state index contributed by atoms with van der Waals surface area (Å²) in [6.45, 7) is 2.86. The Morgan fingerprint density at radius 1 is 1.15 bits per heavy atom. The zero-order valence-electron chi connectivity index (χ0n) is 15.2. The lowest BCUT2D eigenvalue weighted by Gasteiger charge is -2.08. The Kier molecular flexibility index (Phi) is 3.53. The zero-order valence-corrected chi connectivity index (χ0v) is 15.2. The van der Waals surface area contributed by atoms with Crippen LogP contribution in [0.25, 0.3) is 22.2 Å². The first-order valence-electron chi connectivity index (χ1n) is 9.00. The van der Waals surface area contributed by atoms with Crippen LogP contribution in [0.15, 0.2) is 49.2 Å². The molecule has 0 saturated carbocycles. The molecule has 7 heteroatoms. The first kappa shape index (κ1) is 15.7. The van der Waals surface area contributed by atoms with Gasteiger partial charge in [0.2, 0.25) is 5.95 Å². The molecule has 0 spiro atoms. The predicted molar refractivity (Wildman–Crippen MR) is 109 cm³/mol. The van der Waals surface area contributed by atoms with Gasteiger partial charge in [-0.25, -0.2) is 14.5 Å². The topological polar surface area (TPSA) is 72.9 Å². The molecule has 1 aliphatic rings. The Bertz CT molecular complexity index is 1190. The number of fused-ring (bicyclic) bond motifs is 2. The fraction of sp³-hybridized carbons (Fsp3) is 0.200. The van der Waals surface area contributed by atoms with Crippen LogP contribution in [0.3, 0.4) is 0 Å². The van der Waals surface area contributed by atoms with Gasteiger partial charge in [0.05, 0.1) is 23.6 Å². The summed E-state index contributed by atoms with van der Waals surface area (Å²) in [5.41, 5.74) is 7.67. The molecular weight excluding hydrogens is 338 g/mol. The highest BCUT2D eigenvalue weighted by Gasteiger charge is 2.19. The molecule has 0 aromatic carbocycles. The molecule has 0 unspecified atom stereocenters. The molecule has 0 saturated heterocycles. The van der Waals surface area contributed by atoms with E-state index in [-0.39, 0.29) is 2.85 Å². The molecule has 5 rings (SSSR count). The summed E-state index contributed by atoms with van der Waals surface area (Å²) in [4.78, 5) is 9.08. The highest BCUT2D eigenvalue weighted by molar-refractivity contribution is 5.88.